The topological polar surface area (TPSA) is 35.2 Å². The lowest BCUT2D eigenvalue weighted by atomic mass is 10.0. The summed E-state index contributed by atoms with van der Waals surface area (Å²) in [5.41, 5.74) is 6.83. The molecule has 0 heterocycles. The third-order valence-corrected chi connectivity index (χ3v) is 3.53. The van der Waals surface area contributed by atoms with Gasteiger partial charge in [-0.15, -0.1) is 0 Å². The molecular weight excluding hydrogens is 335 g/mol. The van der Waals surface area contributed by atoms with E-state index in [1.54, 1.807) is 6.07 Å². The zero-order valence-corrected chi connectivity index (χ0v) is 12.9. The van der Waals surface area contributed by atoms with E-state index in [0.29, 0.717) is 12.2 Å². The summed E-state index contributed by atoms with van der Waals surface area (Å²) >= 11 is 3.36. The Morgan fingerprint density at radius 2 is 2.05 bits per heavy atom. The third kappa shape index (κ3) is 6.13. The molecule has 2 N–H and O–H groups in total. The number of alkyl halides is 3. The molecule has 1 rings (SSSR count). The summed E-state index contributed by atoms with van der Waals surface area (Å²) < 4.78 is 42.5. The van der Waals surface area contributed by atoms with Gasteiger partial charge in [-0.1, -0.05) is 19.1 Å². The highest BCUT2D eigenvalue weighted by Gasteiger charge is 2.26. The van der Waals surface area contributed by atoms with E-state index in [0.717, 1.165) is 16.5 Å². The minimum Gasteiger partial charge on any atom is -0.492 e. The molecule has 0 aliphatic heterocycles. The second kappa shape index (κ2) is 7.88. The van der Waals surface area contributed by atoms with Crippen LogP contribution in [0.5, 0.6) is 5.75 Å². The van der Waals surface area contributed by atoms with Gasteiger partial charge in [-0.05, 0) is 46.8 Å². The number of ether oxygens (including phenoxy) is 1. The SMILES string of the molecule is CCC(N)Cc1cccc(Br)c1OCCCC(F)(F)F. The smallest absolute Gasteiger partial charge is 0.389 e. The molecule has 1 unspecified atom stereocenters. The van der Waals surface area contributed by atoms with Crippen molar-refractivity contribution in [1.29, 1.82) is 0 Å². The van der Waals surface area contributed by atoms with Crippen molar-refractivity contribution in [3.63, 3.8) is 0 Å². The van der Waals surface area contributed by atoms with Crippen LogP contribution in [0.25, 0.3) is 0 Å². The van der Waals surface area contributed by atoms with Crippen molar-refractivity contribution in [1.82, 2.24) is 0 Å². The van der Waals surface area contributed by atoms with Crippen molar-refractivity contribution >= 4 is 15.9 Å². The van der Waals surface area contributed by atoms with Gasteiger partial charge in [0.2, 0.25) is 0 Å². The van der Waals surface area contributed by atoms with Gasteiger partial charge in [0, 0.05) is 12.5 Å². The van der Waals surface area contributed by atoms with Gasteiger partial charge in [0.15, 0.2) is 0 Å². The summed E-state index contributed by atoms with van der Waals surface area (Å²) in [4.78, 5) is 0. The van der Waals surface area contributed by atoms with E-state index in [4.69, 9.17) is 10.5 Å². The van der Waals surface area contributed by atoms with E-state index >= 15 is 0 Å². The first-order chi connectivity index (χ1) is 9.33. The van der Waals surface area contributed by atoms with Gasteiger partial charge < -0.3 is 10.5 Å². The quantitative estimate of drug-likeness (QED) is 0.735. The first kappa shape index (κ1) is 17.3. The number of nitrogens with two attached hydrogens (primary N) is 1. The zero-order chi connectivity index (χ0) is 15.2. The Balaban J connectivity index is 2.63. The van der Waals surface area contributed by atoms with Crippen LogP contribution in [0.1, 0.15) is 31.7 Å². The summed E-state index contributed by atoms with van der Waals surface area (Å²) in [6.07, 6.45) is -3.54. The average molecular weight is 354 g/mol. The molecule has 114 valence electrons. The largest absolute Gasteiger partial charge is 0.492 e. The van der Waals surface area contributed by atoms with Crippen LogP contribution < -0.4 is 10.5 Å². The third-order valence-electron chi connectivity index (χ3n) is 2.91. The molecule has 0 aromatic heterocycles. The number of benzene rings is 1. The summed E-state index contributed by atoms with van der Waals surface area (Å²) in [7, 11) is 0. The number of hydrogen-bond acceptors (Lipinski definition) is 2. The van der Waals surface area contributed by atoms with Crippen molar-refractivity contribution < 1.29 is 17.9 Å². The summed E-state index contributed by atoms with van der Waals surface area (Å²) in [6.45, 7) is 2.03. The monoisotopic (exact) mass is 353 g/mol. The van der Waals surface area contributed by atoms with Crippen molar-refractivity contribution in [3.8, 4) is 5.75 Å². The fraction of sp³-hybridized carbons (Fsp3) is 0.571. The molecule has 1 aromatic carbocycles. The lowest BCUT2D eigenvalue weighted by molar-refractivity contribution is -0.136. The number of rotatable bonds is 7. The van der Waals surface area contributed by atoms with E-state index in [-0.39, 0.29) is 19.1 Å². The number of halogens is 4. The normalized spacial score (nSPS) is 13.3. The standard InChI is InChI=1S/C14H19BrF3NO/c1-2-11(19)9-10-5-3-6-12(15)13(10)20-8-4-7-14(16,17)18/h3,5-6,11H,2,4,7-9,19H2,1H3. The Morgan fingerprint density at radius 1 is 1.35 bits per heavy atom. The Hall–Kier alpha value is -0.750. The Labute approximate surface area is 125 Å². The van der Waals surface area contributed by atoms with E-state index in [1.807, 2.05) is 19.1 Å². The molecule has 0 saturated heterocycles. The molecular formula is C14H19BrF3NO. The minimum atomic E-state index is -4.13. The molecule has 20 heavy (non-hydrogen) atoms. The average Bonchev–Trinajstić information content (AvgIpc) is 2.35. The summed E-state index contributed by atoms with van der Waals surface area (Å²) in [5, 5.41) is 0. The van der Waals surface area contributed by atoms with Crippen LogP contribution in [-0.2, 0) is 6.42 Å². The molecule has 0 fully saturated rings. The van der Waals surface area contributed by atoms with Crippen LogP contribution in [0.15, 0.2) is 22.7 Å². The second-order valence-electron chi connectivity index (χ2n) is 4.67. The van der Waals surface area contributed by atoms with Crippen LogP contribution in [0.2, 0.25) is 0 Å². The fourth-order valence-electron chi connectivity index (χ4n) is 1.75. The van der Waals surface area contributed by atoms with Crippen LogP contribution in [0.4, 0.5) is 13.2 Å². The van der Waals surface area contributed by atoms with Crippen LogP contribution >= 0.6 is 15.9 Å². The summed E-state index contributed by atoms with van der Waals surface area (Å²) in [6, 6.07) is 5.57. The predicted molar refractivity (Wildman–Crippen MR) is 76.9 cm³/mol. The van der Waals surface area contributed by atoms with Crippen LogP contribution in [0.3, 0.4) is 0 Å². The van der Waals surface area contributed by atoms with E-state index in [1.165, 1.54) is 0 Å². The zero-order valence-electron chi connectivity index (χ0n) is 11.3. The highest BCUT2D eigenvalue weighted by Crippen LogP contribution is 2.30. The molecule has 2 nitrogen and oxygen atoms in total. The van der Waals surface area contributed by atoms with Crippen LogP contribution in [-0.4, -0.2) is 18.8 Å². The maximum absolute atomic E-state index is 12.1. The Kier molecular flexibility index (Phi) is 6.82. The molecule has 1 atom stereocenters. The molecule has 0 aliphatic rings. The highest BCUT2D eigenvalue weighted by molar-refractivity contribution is 9.10. The lowest BCUT2D eigenvalue weighted by Gasteiger charge is -2.16. The van der Waals surface area contributed by atoms with Gasteiger partial charge >= 0.3 is 6.18 Å². The maximum Gasteiger partial charge on any atom is 0.389 e. The summed E-state index contributed by atoms with van der Waals surface area (Å²) in [5.74, 6) is 0.596. The lowest BCUT2D eigenvalue weighted by Crippen LogP contribution is -2.22. The van der Waals surface area contributed by atoms with Gasteiger partial charge in [-0.2, -0.15) is 13.2 Å². The van der Waals surface area contributed by atoms with Gasteiger partial charge in [0.25, 0.3) is 0 Å². The maximum atomic E-state index is 12.1. The first-order valence-electron chi connectivity index (χ1n) is 6.56. The van der Waals surface area contributed by atoms with Gasteiger partial charge in [-0.3, -0.25) is 0 Å². The molecule has 6 heteroatoms. The van der Waals surface area contributed by atoms with Gasteiger partial charge in [0.1, 0.15) is 5.75 Å². The van der Waals surface area contributed by atoms with Crippen molar-refractivity contribution in [2.75, 3.05) is 6.61 Å². The van der Waals surface area contributed by atoms with E-state index < -0.39 is 12.6 Å². The molecule has 1 aromatic rings. The Morgan fingerprint density at radius 3 is 2.65 bits per heavy atom. The molecule has 0 aliphatic carbocycles. The second-order valence-corrected chi connectivity index (χ2v) is 5.52. The molecule has 0 radical (unpaired) electrons. The molecule has 0 spiro atoms. The van der Waals surface area contributed by atoms with E-state index in [9.17, 15) is 13.2 Å². The van der Waals surface area contributed by atoms with Gasteiger partial charge in [-0.25, -0.2) is 0 Å². The first-order valence-corrected chi connectivity index (χ1v) is 7.35. The van der Waals surface area contributed by atoms with Crippen molar-refractivity contribution in [2.45, 2.75) is 44.8 Å². The van der Waals surface area contributed by atoms with Crippen molar-refractivity contribution in [3.05, 3.63) is 28.2 Å². The van der Waals surface area contributed by atoms with Crippen molar-refractivity contribution in [2.24, 2.45) is 5.73 Å². The molecule has 0 saturated carbocycles. The van der Waals surface area contributed by atoms with E-state index in [2.05, 4.69) is 15.9 Å². The number of hydrogen-bond donors (Lipinski definition) is 1. The minimum absolute atomic E-state index is 0.0156. The Bertz CT molecular complexity index is 423. The fourth-order valence-corrected chi connectivity index (χ4v) is 2.27. The molecule has 0 amide bonds. The van der Waals surface area contributed by atoms with Crippen LogP contribution in [0, 0.1) is 0 Å². The predicted octanol–water partition coefficient (Wildman–Crippen LogP) is 4.45. The van der Waals surface area contributed by atoms with Gasteiger partial charge in [0.05, 0.1) is 11.1 Å². The molecule has 0 bridgehead atoms. The number of para-hydroxylation sites is 1. The highest BCUT2D eigenvalue weighted by atomic mass is 79.9.